The number of carbonyl (C=O) groups excluding carboxylic acids is 1. The first-order valence-electron chi connectivity index (χ1n) is 10.4. The van der Waals surface area contributed by atoms with Crippen LogP contribution in [0.1, 0.15) is 35.2 Å². The molecule has 4 rings (SSSR count). The molecular formula is C24H22ClN5O2S. The van der Waals surface area contributed by atoms with Gasteiger partial charge in [0.2, 0.25) is 17.7 Å². The molecule has 4 N–H and O–H groups in total. The number of thioether (sulfide) groups is 1. The molecule has 1 unspecified atom stereocenters. The van der Waals surface area contributed by atoms with E-state index in [1.54, 1.807) is 12.1 Å². The van der Waals surface area contributed by atoms with Gasteiger partial charge in [-0.05, 0) is 35.7 Å². The van der Waals surface area contributed by atoms with Crippen molar-refractivity contribution in [2.45, 2.75) is 25.0 Å². The molecule has 1 atom stereocenters. The molecule has 0 bridgehead atoms. The summed E-state index contributed by atoms with van der Waals surface area (Å²) in [4.78, 5) is 12.5. The van der Waals surface area contributed by atoms with Crippen LogP contribution >= 0.6 is 23.4 Å². The topological polar surface area (TPSA) is 117 Å². The number of rotatable bonds is 7. The maximum absolute atomic E-state index is 12.5. The fourth-order valence-corrected chi connectivity index (χ4v) is 4.70. The molecular weight excluding hydrogens is 458 g/mol. The number of fused-ring (bicyclic) bond motifs is 1. The van der Waals surface area contributed by atoms with Gasteiger partial charge in [0.05, 0.1) is 22.9 Å². The fraction of sp³-hybridized carbons (Fsp3) is 0.208. The highest BCUT2D eigenvalue weighted by Gasteiger charge is 2.35. The number of aromatic nitrogens is 2. The maximum Gasteiger partial charge on any atom is 0.244 e. The van der Waals surface area contributed by atoms with Crippen molar-refractivity contribution in [1.29, 1.82) is 5.26 Å². The van der Waals surface area contributed by atoms with Crippen molar-refractivity contribution in [3.05, 3.63) is 87.4 Å². The lowest BCUT2D eigenvalue weighted by atomic mass is 9.84. The standard InChI is InChI=1S/C24H22ClN5O2S/c1-2-14-5-3-4-6-18(14)28-20(31)13-33-12-19-22-21(15-7-9-16(25)10-8-15)17(11-26)23(27)32-24(22)30-29-19/h3-10,21H,2,12-13,27H2,1H3,(H,28,31)(H,29,30). The van der Waals surface area contributed by atoms with Gasteiger partial charge in [0.1, 0.15) is 11.6 Å². The molecule has 0 spiro atoms. The Hall–Kier alpha value is -3.41. The number of nitriles is 1. The number of nitrogens with two attached hydrogens (primary N) is 1. The number of ether oxygens (including phenoxy) is 1. The minimum Gasteiger partial charge on any atom is -0.420 e. The molecule has 1 aromatic heterocycles. The fourth-order valence-electron chi connectivity index (χ4n) is 3.79. The number of halogens is 1. The molecule has 0 radical (unpaired) electrons. The predicted octanol–water partition coefficient (Wildman–Crippen LogP) is 4.72. The number of nitrogens with one attached hydrogen (secondary N) is 2. The smallest absolute Gasteiger partial charge is 0.244 e. The second-order valence-electron chi connectivity index (χ2n) is 7.45. The van der Waals surface area contributed by atoms with Crippen LogP contribution in [0.4, 0.5) is 5.69 Å². The SMILES string of the molecule is CCc1ccccc1NC(=O)CSCc1[nH]nc2c1C(c1ccc(Cl)cc1)C(C#N)=C(N)O2. The lowest BCUT2D eigenvalue weighted by molar-refractivity contribution is -0.113. The number of aryl methyl sites for hydroxylation is 1. The van der Waals surface area contributed by atoms with Crippen molar-refractivity contribution >= 4 is 35.0 Å². The number of hydrogen-bond donors (Lipinski definition) is 3. The van der Waals surface area contributed by atoms with Gasteiger partial charge in [-0.2, -0.15) is 5.26 Å². The Labute approximate surface area is 201 Å². The van der Waals surface area contributed by atoms with Crippen molar-refractivity contribution in [2.75, 3.05) is 11.1 Å². The van der Waals surface area contributed by atoms with Gasteiger partial charge in [-0.15, -0.1) is 16.9 Å². The van der Waals surface area contributed by atoms with E-state index in [0.717, 1.165) is 34.5 Å². The van der Waals surface area contributed by atoms with Gasteiger partial charge in [0.15, 0.2) is 0 Å². The first-order valence-corrected chi connectivity index (χ1v) is 11.9. The molecule has 1 aliphatic rings. The summed E-state index contributed by atoms with van der Waals surface area (Å²) in [7, 11) is 0. The van der Waals surface area contributed by atoms with Crippen molar-refractivity contribution in [3.8, 4) is 11.9 Å². The number of amides is 1. The van der Waals surface area contributed by atoms with E-state index < -0.39 is 5.92 Å². The Kier molecular flexibility index (Phi) is 6.92. The number of H-pyrrole nitrogens is 1. The summed E-state index contributed by atoms with van der Waals surface area (Å²) in [6.07, 6.45) is 0.841. The van der Waals surface area contributed by atoms with E-state index in [0.29, 0.717) is 22.2 Å². The van der Waals surface area contributed by atoms with Crippen LogP contribution in [0.3, 0.4) is 0 Å². The molecule has 3 aromatic rings. The van der Waals surface area contributed by atoms with Crippen LogP contribution < -0.4 is 15.8 Å². The second-order valence-corrected chi connectivity index (χ2v) is 8.87. The minimum atomic E-state index is -0.435. The number of allylic oxidation sites excluding steroid dienone is 1. The monoisotopic (exact) mass is 479 g/mol. The van der Waals surface area contributed by atoms with Crippen LogP contribution in [0.2, 0.25) is 5.02 Å². The molecule has 7 nitrogen and oxygen atoms in total. The zero-order chi connectivity index (χ0) is 23.4. The summed E-state index contributed by atoms with van der Waals surface area (Å²) < 4.78 is 5.60. The van der Waals surface area contributed by atoms with E-state index >= 15 is 0 Å². The van der Waals surface area contributed by atoms with Crippen LogP contribution in [-0.4, -0.2) is 21.9 Å². The first-order chi connectivity index (χ1) is 16.0. The quantitative estimate of drug-likeness (QED) is 0.451. The molecule has 2 heterocycles. The molecule has 168 valence electrons. The Balaban J connectivity index is 1.51. The number of nitrogens with zero attached hydrogens (tertiary/aromatic N) is 2. The van der Waals surface area contributed by atoms with E-state index in [-0.39, 0.29) is 17.5 Å². The molecule has 0 saturated carbocycles. The van der Waals surface area contributed by atoms with Gasteiger partial charge in [-0.25, -0.2) is 0 Å². The van der Waals surface area contributed by atoms with Crippen molar-refractivity contribution in [1.82, 2.24) is 10.2 Å². The molecule has 0 aliphatic carbocycles. The van der Waals surface area contributed by atoms with E-state index in [1.165, 1.54) is 11.8 Å². The van der Waals surface area contributed by atoms with Crippen LogP contribution in [-0.2, 0) is 17.0 Å². The summed E-state index contributed by atoms with van der Waals surface area (Å²) >= 11 is 7.49. The van der Waals surface area contributed by atoms with Crippen molar-refractivity contribution in [3.63, 3.8) is 0 Å². The van der Waals surface area contributed by atoms with Gasteiger partial charge in [-0.3, -0.25) is 9.89 Å². The highest BCUT2D eigenvalue weighted by molar-refractivity contribution is 7.99. The van der Waals surface area contributed by atoms with Crippen LogP contribution in [0, 0.1) is 11.3 Å². The minimum absolute atomic E-state index is 0.0321. The third-order valence-electron chi connectivity index (χ3n) is 5.37. The lowest BCUT2D eigenvalue weighted by Crippen LogP contribution is -2.21. The molecule has 33 heavy (non-hydrogen) atoms. The van der Waals surface area contributed by atoms with Gasteiger partial charge in [-0.1, -0.05) is 48.9 Å². The Bertz CT molecular complexity index is 1250. The number of carbonyl (C=O) groups is 1. The lowest BCUT2D eigenvalue weighted by Gasteiger charge is -2.24. The highest BCUT2D eigenvalue weighted by Crippen LogP contribution is 2.43. The molecule has 1 aliphatic heterocycles. The average molecular weight is 480 g/mol. The summed E-state index contributed by atoms with van der Waals surface area (Å²) in [5.74, 6) is 0.601. The predicted molar refractivity (Wildman–Crippen MR) is 130 cm³/mol. The summed E-state index contributed by atoms with van der Waals surface area (Å²) in [6.45, 7) is 2.05. The molecule has 0 saturated heterocycles. The number of anilines is 1. The third-order valence-corrected chi connectivity index (χ3v) is 6.58. The molecule has 2 aromatic carbocycles. The van der Waals surface area contributed by atoms with Gasteiger partial charge < -0.3 is 15.8 Å². The Morgan fingerprint density at radius 3 is 2.79 bits per heavy atom. The zero-order valence-corrected chi connectivity index (χ0v) is 19.5. The highest BCUT2D eigenvalue weighted by atomic mass is 35.5. The summed E-state index contributed by atoms with van der Waals surface area (Å²) in [5.41, 5.74) is 10.6. The number of hydrogen-bond acceptors (Lipinski definition) is 6. The largest absolute Gasteiger partial charge is 0.420 e. The third kappa shape index (κ3) is 4.85. The first kappa shape index (κ1) is 22.8. The average Bonchev–Trinajstić information content (AvgIpc) is 3.21. The Morgan fingerprint density at radius 1 is 1.30 bits per heavy atom. The van der Waals surface area contributed by atoms with Crippen molar-refractivity contribution in [2.24, 2.45) is 5.73 Å². The summed E-state index contributed by atoms with van der Waals surface area (Å²) in [6, 6.07) is 17.2. The van der Waals surface area contributed by atoms with Crippen LogP contribution in [0.5, 0.6) is 5.88 Å². The van der Waals surface area contributed by atoms with Crippen molar-refractivity contribution < 1.29 is 9.53 Å². The normalized spacial score (nSPS) is 14.9. The maximum atomic E-state index is 12.5. The van der Waals surface area contributed by atoms with Crippen LogP contribution in [0.25, 0.3) is 0 Å². The van der Waals surface area contributed by atoms with Gasteiger partial charge in [0.25, 0.3) is 0 Å². The number of para-hydroxylation sites is 1. The van der Waals surface area contributed by atoms with Gasteiger partial charge in [0, 0.05) is 16.5 Å². The van der Waals surface area contributed by atoms with Crippen LogP contribution in [0.15, 0.2) is 60.0 Å². The van der Waals surface area contributed by atoms with E-state index in [9.17, 15) is 10.1 Å². The molecule has 1 amide bonds. The summed E-state index contributed by atoms with van der Waals surface area (Å²) in [5, 5.41) is 20.6. The molecule has 0 fully saturated rings. The zero-order valence-electron chi connectivity index (χ0n) is 17.9. The van der Waals surface area contributed by atoms with E-state index in [2.05, 4.69) is 28.5 Å². The number of aromatic amines is 1. The van der Waals surface area contributed by atoms with E-state index in [4.69, 9.17) is 22.1 Å². The Morgan fingerprint density at radius 2 is 2.06 bits per heavy atom. The molecule has 9 heteroatoms. The number of benzene rings is 2. The van der Waals surface area contributed by atoms with Gasteiger partial charge >= 0.3 is 0 Å². The second kappa shape index (κ2) is 10.0. The van der Waals surface area contributed by atoms with E-state index in [1.807, 2.05) is 36.4 Å².